The van der Waals surface area contributed by atoms with Crippen LogP contribution in [0.4, 0.5) is 5.82 Å². The lowest BCUT2D eigenvalue weighted by Gasteiger charge is -2.36. The first-order valence-electron chi connectivity index (χ1n) is 12.0. The summed E-state index contributed by atoms with van der Waals surface area (Å²) in [5, 5.41) is 6.29. The van der Waals surface area contributed by atoms with Crippen molar-refractivity contribution in [2.75, 3.05) is 31.1 Å². The molecule has 0 unspecified atom stereocenters. The zero-order valence-corrected chi connectivity index (χ0v) is 21.0. The molecule has 0 radical (unpaired) electrons. The highest BCUT2D eigenvalue weighted by molar-refractivity contribution is 6.33. The number of nitrogens with zero attached hydrogens (tertiary/aromatic N) is 6. The Morgan fingerprint density at radius 2 is 1.66 bits per heavy atom. The Bertz CT molecular complexity index is 1360. The molecule has 0 atom stereocenters. The molecule has 0 spiro atoms. The molecule has 0 N–H and O–H groups in total. The second-order valence-electron chi connectivity index (χ2n) is 9.35. The lowest BCUT2D eigenvalue weighted by Crippen LogP contribution is -2.49. The van der Waals surface area contributed by atoms with Gasteiger partial charge in [0.25, 0.3) is 5.91 Å². The molecule has 0 saturated carbocycles. The van der Waals surface area contributed by atoms with E-state index >= 15 is 0 Å². The van der Waals surface area contributed by atoms with Crippen LogP contribution < -0.4 is 4.90 Å². The highest BCUT2D eigenvalue weighted by Crippen LogP contribution is 2.30. The van der Waals surface area contributed by atoms with Crippen molar-refractivity contribution >= 4 is 34.4 Å². The lowest BCUT2D eigenvalue weighted by molar-refractivity contribution is 0.0746. The minimum Gasteiger partial charge on any atom is -0.352 e. The van der Waals surface area contributed by atoms with Crippen LogP contribution in [0.25, 0.3) is 16.7 Å². The molecule has 7 nitrogen and oxygen atoms in total. The number of hydrogen-bond donors (Lipinski definition) is 0. The zero-order chi connectivity index (χ0) is 24.5. The average molecular weight is 489 g/mol. The van der Waals surface area contributed by atoms with Gasteiger partial charge in [-0.2, -0.15) is 5.10 Å². The van der Waals surface area contributed by atoms with Crippen LogP contribution in [0.2, 0.25) is 5.02 Å². The third-order valence-corrected chi connectivity index (χ3v) is 6.62. The smallest absolute Gasteiger partial charge is 0.255 e. The summed E-state index contributed by atoms with van der Waals surface area (Å²) in [4.78, 5) is 27.1. The molecule has 0 bridgehead atoms. The van der Waals surface area contributed by atoms with Crippen LogP contribution in [-0.4, -0.2) is 56.7 Å². The fourth-order valence-corrected chi connectivity index (χ4v) is 4.78. The standard InChI is InChI=1S/C27H29ClN6O/c1-18(2)17-23-29-25(24-19(3)31-34(26(24)30-23)20-9-5-4-6-10-20)32-13-15-33(16-14-32)27(35)21-11-7-8-12-22(21)28/h4-12,18H,13-17H2,1-3H3. The summed E-state index contributed by atoms with van der Waals surface area (Å²) < 4.78 is 1.91. The molecule has 1 aliphatic rings. The van der Waals surface area contributed by atoms with Gasteiger partial charge in [-0.05, 0) is 37.1 Å². The van der Waals surface area contributed by atoms with E-state index in [1.165, 1.54) is 0 Å². The number of carbonyl (C=O) groups is 1. The quantitative estimate of drug-likeness (QED) is 0.398. The van der Waals surface area contributed by atoms with Crippen LogP contribution in [0.5, 0.6) is 0 Å². The molecule has 0 aliphatic carbocycles. The van der Waals surface area contributed by atoms with Crippen molar-refractivity contribution in [1.82, 2.24) is 24.6 Å². The van der Waals surface area contributed by atoms with Gasteiger partial charge in [-0.25, -0.2) is 14.6 Å². The molecular formula is C27H29ClN6O. The Balaban J connectivity index is 1.49. The van der Waals surface area contributed by atoms with Crippen molar-refractivity contribution in [3.05, 3.63) is 76.7 Å². The normalized spacial score (nSPS) is 14.2. The summed E-state index contributed by atoms with van der Waals surface area (Å²) in [6, 6.07) is 17.3. The molecule has 5 rings (SSSR count). The highest BCUT2D eigenvalue weighted by atomic mass is 35.5. The van der Waals surface area contributed by atoms with Crippen molar-refractivity contribution in [2.45, 2.75) is 27.2 Å². The Morgan fingerprint density at radius 1 is 0.971 bits per heavy atom. The third-order valence-electron chi connectivity index (χ3n) is 6.29. The van der Waals surface area contributed by atoms with E-state index in [2.05, 4.69) is 18.7 Å². The number of benzene rings is 2. The summed E-state index contributed by atoms with van der Waals surface area (Å²) in [7, 11) is 0. The number of para-hydroxylation sites is 1. The fourth-order valence-electron chi connectivity index (χ4n) is 4.57. The van der Waals surface area contributed by atoms with E-state index in [4.69, 9.17) is 26.7 Å². The van der Waals surface area contributed by atoms with Crippen LogP contribution in [-0.2, 0) is 6.42 Å². The first kappa shape index (κ1) is 23.3. The van der Waals surface area contributed by atoms with E-state index in [-0.39, 0.29) is 5.91 Å². The average Bonchev–Trinajstić information content (AvgIpc) is 3.20. The summed E-state index contributed by atoms with van der Waals surface area (Å²) in [6.07, 6.45) is 0.785. The monoisotopic (exact) mass is 488 g/mol. The molecule has 3 heterocycles. The number of rotatable bonds is 5. The molecule has 2 aromatic carbocycles. The summed E-state index contributed by atoms with van der Waals surface area (Å²) in [6.45, 7) is 8.91. The van der Waals surface area contributed by atoms with E-state index in [9.17, 15) is 4.79 Å². The topological polar surface area (TPSA) is 67.2 Å². The Morgan fingerprint density at radius 3 is 2.34 bits per heavy atom. The van der Waals surface area contributed by atoms with Gasteiger partial charge in [0.2, 0.25) is 0 Å². The second-order valence-corrected chi connectivity index (χ2v) is 9.76. The minimum absolute atomic E-state index is 0.0309. The number of piperazine rings is 1. The predicted molar refractivity (Wildman–Crippen MR) is 140 cm³/mol. The molecule has 1 fully saturated rings. The summed E-state index contributed by atoms with van der Waals surface area (Å²) >= 11 is 6.27. The van der Waals surface area contributed by atoms with E-state index in [1.54, 1.807) is 12.1 Å². The number of hydrogen-bond acceptors (Lipinski definition) is 5. The lowest BCUT2D eigenvalue weighted by atomic mass is 10.1. The highest BCUT2D eigenvalue weighted by Gasteiger charge is 2.27. The number of aryl methyl sites for hydroxylation is 1. The third kappa shape index (κ3) is 4.60. The molecule has 180 valence electrons. The van der Waals surface area contributed by atoms with Crippen molar-refractivity contribution in [3.63, 3.8) is 0 Å². The molecule has 1 aliphatic heterocycles. The van der Waals surface area contributed by atoms with E-state index in [0.717, 1.165) is 40.5 Å². The molecule has 4 aromatic rings. The number of anilines is 1. The fraction of sp³-hybridized carbons (Fsp3) is 0.333. The van der Waals surface area contributed by atoms with Gasteiger partial charge >= 0.3 is 0 Å². The van der Waals surface area contributed by atoms with Crippen molar-refractivity contribution in [2.24, 2.45) is 5.92 Å². The maximum atomic E-state index is 13.0. The largest absolute Gasteiger partial charge is 0.352 e. The number of fused-ring (bicyclic) bond motifs is 1. The Hall–Kier alpha value is -3.45. The van der Waals surface area contributed by atoms with Crippen LogP contribution in [0.15, 0.2) is 54.6 Å². The van der Waals surface area contributed by atoms with Crippen LogP contribution in [0, 0.1) is 12.8 Å². The SMILES string of the molecule is Cc1nn(-c2ccccc2)c2nc(CC(C)C)nc(N3CCN(C(=O)c4ccccc4Cl)CC3)c12. The predicted octanol–water partition coefficient (Wildman–Crippen LogP) is 4.94. The van der Waals surface area contributed by atoms with Crippen LogP contribution >= 0.6 is 11.6 Å². The van der Waals surface area contributed by atoms with Gasteiger partial charge in [-0.1, -0.05) is 55.8 Å². The molecule has 8 heteroatoms. The first-order valence-corrected chi connectivity index (χ1v) is 12.4. The van der Waals surface area contributed by atoms with E-state index in [0.29, 0.717) is 42.7 Å². The molecular weight excluding hydrogens is 460 g/mol. The van der Waals surface area contributed by atoms with Gasteiger partial charge in [0, 0.05) is 32.6 Å². The van der Waals surface area contributed by atoms with Crippen molar-refractivity contribution in [3.8, 4) is 5.69 Å². The number of carbonyl (C=O) groups excluding carboxylic acids is 1. The Kier molecular flexibility index (Phi) is 6.43. The second kappa shape index (κ2) is 9.66. The van der Waals surface area contributed by atoms with Gasteiger partial charge < -0.3 is 9.80 Å². The molecule has 2 aromatic heterocycles. The maximum Gasteiger partial charge on any atom is 0.255 e. The summed E-state index contributed by atoms with van der Waals surface area (Å²) in [5.41, 5.74) is 3.24. The van der Waals surface area contributed by atoms with Crippen LogP contribution in [0.1, 0.15) is 35.7 Å². The van der Waals surface area contributed by atoms with Crippen LogP contribution in [0.3, 0.4) is 0 Å². The molecule has 1 amide bonds. The van der Waals surface area contributed by atoms with Crippen molar-refractivity contribution in [1.29, 1.82) is 0 Å². The van der Waals surface area contributed by atoms with Gasteiger partial charge in [0.1, 0.15) is 11.6 Å². The van der Waals surface area contributed by atoms with Gasteiger partial charge in [-0.15, -0.1) is 0 Å². The van der Waals surface area contributed by atoms with E-state index in [1.807, 2.05) is 59.0 Å². The molecule has 1 saturated heterocycles. The zero-order valence-electron chi connectivity index (χ0n) is 20.3. The van der Waals surface area contributed by atoms with Gasteiger partial charge in [0.15, 0.2) is 5.65 Å². The number of aromatic nitrogens is 4. The minimum atomic E-state index is -0.0309. The van der Waals surface area contributed by atoms with Gasteiger partial charge in [0.05, 0.1) is 27.4 Å². The number of halogens is 1. The Labute approximate surface area is 210 Å². The first-order chi connectivity index (χ1) is 16.9. The van der Waals surface area contributed by atoms with E-state index < -0.39 is 0 Å². The van der Waals surface area contributed by atoms with Gasteiger partial charge in [-0.3, -0.25) is 4.79 Å². The molecule has 35 heavy (non-hydrogen) atoms. The summed E-state index contributed by atoms with van der Waals surface area (Å²) in [5.74, 6) is 2.11. The number of amides is 1. The maximum absolute atomic E-state index is 13.0. The van der Waals surface area contributed by atoms with Crippen molar-refractivity contribution < 1.29 is 4.79 Å².